The lowest BCUT2D eigenvalue weighted by Crippen LogP contribution is -2.41. The van der Waals surface area contributed by atoms with Gasteiger partial charge >= 0.3 is 5.97 Å². The van der Waals surface area contributed by atoms with Crippen LogP contribution in [0.15, 0.2) is 17.0 Å². The number of carboxylic acids is 1. The first kappa shape index (κ1) is 19.3. The van der Waals surface area contributed by atoms with Crippen LogP contribution < -0.4 is 4.72 Å². The number of nitrogens with zero attached hydrogens (tertiary/aromatic N) is 1. The Kier molecular flexibility index (Phi) is 6.09. The van der Waals surface area contributed by atoms with Crippen molar-refractivity contribution in [3.05, 3.63) is 32.8 Å². The topological polar surface area (TPSA) is 127 Å². The van der Waals surface area contributed by atoms with Crippen LogP contribution in [0.4, 0.5) is 5.69 Å². The molecule has 1 aromatic rings. The van der Waals surface area contributed by atoms with Crippen LogP contribution in [0.3, 0.4) is 0 Å². The zero-order valence-electron chi connectivity index (χ0n) is 12.7. The van der Waals surface area contributed by atoms with Crippen LogP contribution in [-0.4, -0.2) is 30.5 Å². The third-order valence-corrected chi connectivity index (χ3v) is 4.96. The Morgan fingerprint density at radius 1 is 1.43 bits per heavy atom. The van der Waals surface area contributed by atoms with Gasteiger partial charge in [-0.2, -0.15) is 4.72 Å². The summed E-state index contributed by atoms with van der Waals surface area (Å²) >= 11 is 5.82. The summed E-state index contributed by atoms with van der Waals surface area (Å²) in [6.45, 7) is 4.97. The lowest BCUT2D eigenvalue weighted by atomic mass is 10.1. The van der Waals surface area contributed by atoms with E-state index in [0.717, 1.165) is 12.1 Å². The second-order valence-electron chi connectivity index (χ2n) is 5.49. The normalized spacial score (nSPS) is 13.1. The van der Waals surface area contributed by atoms with Crippen LogP contribution in [0.2, 0.25) is 5.02 Å². The lowest BCUT2D eigenvalue weighted by molar-refractivity contribution is -0.385. The highest BCUT2D eigenvalue weighted by Crippen LogP contribution is 2.32. The van der Waals surface area contributed by atoms with Gasteiger partial charge in [-0.05, 0) is 30.9 Å². The number of benzene rings is 1. The highest BCUT2D eigenvalue weighted by Gasteiger charge is 2.30. The molecule has 0 aliphatic carbocycles. The van der Waals surface area contributed by atoms with Gasteiger partial charge in [0.15, 0.2) is 0 Å². The van der Waals surface area contributed by atoms with Crippen molar-refractivity contribution in [1.29, 1.82) is 0 Å². The van der Waals surface area contributed by atoms with E-state index in [1.807, 2.05) is 4.72 Å². The third kappa shape index (κ3) is 4.88. The SMILES string of the molecule is Cc1cc([N+](=O)[O-])c(Cl)c(S(=O)(=O)NC(CC(C)C)C(=O)O)c1. The molecule has 0 bridgehead atoms. The average Bonchev–Trinajstić information content (AvgIpc) is 2.38. The lowest BCUT2D eigenvalue weighted by Gasteiger charge is -2.17. The van der Waals surface area contributed by atoms with Crippen molar-refractivity contribution in [3.8, 4) is 0 Å². The summed E-state index contributed by atoms with van der Waals surface area (Å²) in [4.78, 5) is 20.8. The first-order chi connectivity index (χ1) is 10.5. The van der Waals surface area contributed by atoms with E-state index < -0.39 is 42.6 Å². The van der Waals surface area contributed by atoms with E-state index in [9.17, 15) is 23.3 Å². The maximum Gasteiger partial charge on any atom is 0.321 e. The van der Waals surface area contributed by atoms with Crippen LogP contribution in [0.5, 0.6) is 0 Å². The van der Waals surface area contributed by atoms with Gasteiger partial charge in [0.1, 0.15) is 16.0 Å². The first-order valence-electron chi connectivity index (χ1n) is 6.65. The Morgan fingerprint density at radius 3 is 2.43 bits per heavy atom. The Hall–Kier alpha value is -1.71. The molecule has 0 amide bonds. The molecule has 1 aromatic carbocycles. The zero-order chi connectivity index (χ0) is 17.9. The third-order valence-electron chi connectivity index (χ3n) is 2.95. The molecular formula is C13H17ClN2O6S. The van der Waals surface area contributed by atoms with Crippen molar-refractivity contribution >= 4 is 33.3 Å². The number of halogens is 1. The monoisotopic (exact) mass is 364 g/mol. The van der Waals surface area contributed by atoms with Crippen LogP contribution in [0.25, 0.3) is 0 Å². The number of carboxylic acid groups (broad SMARTS) is 1. The molecule has 0 aromatic heterocycles. The van der Waals surface area contributed by atoms with Crippen LogP contribution in [0.1, 0.15) is 25.8 Å². The molecule has 0 saturated carbocycles. The summed E-state index contributed by atoms with van der Waals surface area (Å²) in [6.07, 6.45) is 0.0695. The number of nitrogens with one attached hydrogen (secondary N) is 1. The fraction of sp³-hybridized carbons (Fsp3) is 0.462. The minimum atomic E-state index is -4.33. The predicted molar refractivity (Wildman–Crippen MR) is 84.0 cm³/mol. The zero-order valence-corrected chi connectivity index (χ0v) is 14.3. The number of rotatable bonds is 7. The maximum atomic E-state index is 12.4. The number of aryl methyl sites for hydroxylation is 1. The highest BCUT2D eigenvalue weighted by atomic mass is 35.5. The number of carbonyl (C=O) groups is 1. The molecule has 10 heteroatoms. The number of aliphatic carboxylic acids is 1. The fourth-order valence-electron chi connectivity index (χ4n) is 1.97. The number of sulfonamides is 1. The van der Waals surface area contributed by atoms with Gasteiger partial charge in [-0.1, -0.05) is 25.4 Å². The summed E-state index contributed by atoms with van der Waals surface area (Å²) in [5.41, 5.74) is -0.236. The largest absolute Gasteiger partial charge is 0.480 e. The molecule has 2 N–H and O–H groups in total. The smallest absolute Gasteiger partial charge is 0.321 e. The van der Waals surface area contributed by atoms with Crippen molar-refractivity contribution in [2.45, 2.75) is 38.1 Å². The maximum absolute atomic E-state index is 12.4. The minimum absolute atomic E-state index is 0.0684. The molecule has 23 heavy (non-hydrogen) atoms. The Balaban J connectivity index is 3.33. The summed E-state index contributed by atoms with van der Waals surface area (Å²) < 4.78 is 26.8. The molecule has 1 unspecified atom stereocenters. The molecule has 1 rings (SSSR count). The van der Waals surface area contributed by atoms with Crippen molar-refractivity contribution in [2.75, 3.05) is 0 Å². The molecule has 0 saturated heterocycles. The van der Waals surface area contributed by atoms with Gasteiger partial charge in [-0.25, -0.2) is 8.42 Å². The van der Waals surface area contributed by atoms with Crippen molar-refractivity contribution in [2.24, 2.45) is 5.92 Å². The van der Waals surface area contributed by atoms with E-state index >= 15 is 0 Å². The Morgan fingerprint density at radius 2 is 2.00 bits per heavy atom. The van der Waals surface area contributed by atoms with Crippen LogP contribution in [-0.2, 0) is 14.8 Å². The van der Waals surface area contributed by atoms with E-state index in [0.29, 0.717) is 5.56 Å². The molecule has 0 spiro atoms. The molecule has 0 aliphatic heterocycles. The summed E-state index contributed by atoms with van der Waals surface area (Å²) in [6, 6.07) is 0.950. The van der Waals surface area contributed by atoms with Crippen LogP contribution in [0, 0.1) is 23.0 Å². The van der Waals surface area contributed by atoms with Gasteiger partial charge in [0.2, 0.25) is 10.0 Å². The van der Waals surface area contributed by atoms with E-state index in [1.165, 1.54) is 6.92 Å². The van der Waals surface area contributed by atoms with E-state index in [4.69, 9.17) is 16.7 Å². The van der Waals surface area contributed by atoms with E-state index in [2.05, 4.69) is 0 Å². The van der Waals surface area contributed by atoms with Gasteiger partial charge in [0, 0.05) is 6.07 Å². The molecule has 0 radical (unpaired) electrons. The summed E-state index contributed by atoms with van der Waals surface area (Å²) in [5.74, 6) is -1.40. The Labute approximate surface area is 138 Å². The fourth-order valence-corrected chi connectivity index (χ4v) is 3.83. The van der Waals surface area contributed by atoms with Gasteiger partial charge in [-0.3, -0.25) is 14.9 Å². The van der Waals surface area contributed by atoms with Gasteiger partial charge < -0.3 is 5.11 Å². The highest BCUT2D eigenvalue weighted by molar-refractivity contribution is 7.89. The van der Waals surface area contributed by atoms with E-state index in [1.54, 1.807) is 13.8 Å². The number of hydrogen-bond acceptors (Lipinski definition) is 5. The van der Waals surface area contributed by atoms with Gasteiger partial charge in [0.25, 0.3) is 5.69 Å². The second kappa shape index (κ2) is 7.24. The molecule has 0 fully saturated rings. The average molecular weight is 365 g/mol. The minimum Gasteiger partial charge on any atom is -0.480 e. The quantitative estimate of drug-likeness (QED) is 0.564. The number of hydrogen-bond donors (Lipinski definition) is 2. The molecule has 128 valence electrons. The molecular weight excluding hydrogens is 348 g/mol. The molecule has 8 nitrogen and oxygen atoms in total. The number of nitro benzene ring substituents is 1. The standard InChI is InChI=1S/C13H17ClN2O6S/c1-7(2)4-9(13(17)18)15-23(21,22)11-6-8(3)5-10(12(11)14)16(19)20/h5-7,9,15H,4H2,1-3H3,(H,17,18). The molecule has 0 aliphatic rings. The molecule has 0 heterocycles. The Bertz CT molecular complexity index is 732. The van der Waals surface area contributed by atoms with Crippen molar-refractivity contribution in [3.63, 3.8) is 0 Å². The van der Waals surface area contributed by atoms with Gasteiger partial charge in [0.05, 0.1) is 4.92 Å². The van der Waals surface area contributed by atoms with Gasteiger partial charge in [-0.15, -0.1) is 0 Å². The van der Waals surface area contributed by atoms with Crippen molar-refractivity contribution in [1.82, 2.24) is 4.72 Å². The predicted octanol–water partition coefficient (Wildman–Crippen LogP) is 2.33. The van der Waals surface area contributed by atoms with E-state index in [-0.39, 0.29) is 12.3 Å². The van der Waals surface area contributed by atoms with Crippen LogP contribution >= 0.6 is 11.6 Å². The summed E-state index contributed by atoms with van der Waals surface area (Å²) in [7, 11) is -4.33. The van der Waals surface area contributed by atoms with Crippen molar-refractivity contribution < 1.29 is 23.2 Å². The second-order valence-corrected chi connectivity index (χ2v) is 7.56. The summed E-state index contributed by atoms with van der Waals surface area (Å²) in [5, 5.41) is 19.5. The molecule has 1 atom stereocenters. The first-order valence-corrected chi connectivity index (χ1v) is 8.51. The number of nitro groups is 1.